The summed E-state index contributed by atoms with van der Waals surface area (Å²) in [5.41, 5.74) is 0. The number of nitrogens with zero attached hydrogens (tertiary/aromatic N) is 1. The van der Waals surface area contributed by atoms with E-state index in [2.05, 4.69) is 0 Å². The fourth-order valence-electron chi connectivity index (χ4n) is 3.74. The first kappa shape index (κ1) is 29.6. The van der Waals surface area contributed by atoms with E-state index in [9.17, 15) is 28.8 Å². The maximum atomic E-state index is 13.7. The van der Waals surface area contributed by atoms with Crippen molar-refractivity contribution in [3.8, 4) is 0 Å². The van der Waals surface area contributed by atoms with E-state index in [4.69, 9.17) is 40.6 Å². The molecule has 1 aliphatic heterocycles. The van der Waals surface area contributed by atoms with Crippen LogP contribution in [-0.4, -0.2) is 77.1 Å². The van der Waals surface area contributed by atoms with E-state index < -0.39 is 79.0 Å². The average molecular weight is 542 g/mol. The number of carbonyl (C=O) groups is 6. The lowest BCUT2D eigenvalue weighted by molar-refractivity contribution is -0.303. The highest BCUT2D eigenvalue weighted by atomic mass is 32.1. The van der Waals surface area contributed by atoms with Crippen molar-refractivity contribution in [1.82, 2.24) is 4.57 Å². The van der Waals surface area contributed by atoms with E-state index in [1.54, 1.807) is 6.07 Å². The highest BCUT2D eigenvalue weighted by Crippen LogP contribution is 2.37. The molecule has 13 nitrogen and oxygen atoms in total. The molecule has 1 fully saturated rings. The van der Waals surface area contributed by atoms with Gasteiger partial charge in [-0.2, -0.15) is 0 Å². The first-order valence-electron chi connectivity index (χ1n) is 11.0. The highest BCUT2D eigenvalue weighted by molar-refractivity contribution is 7.71. The molecule has 0 saturated carbocycles. The van der Waals surface area contributed by atoms with Gasteiger partial charge < -0.3 is 28.4 Å². The summed E-state index contributed by atoms with van der Waals surface area (Å²) in [6.07, 6.45) is -5.33. The Bertz CT molecular complexity index is 1130. The normalized spacial score (nSPS) is 23.6. The molecule has 5 atom stereocenters. The molecule has 0 amide bonds. The molecule has 1 saturated heterocycles. The van der Waals surface area contributed by atoms with Crippen LogP contribution in [0, 0.1) is 4.64 Å². The summed E-state index contributed by atoms with van der Waals surface area (Å²) in [6, 6.07) is 4.50. The van der Waals surface area contributed by atoms with Gasteiger partial charge in [0.2, 0.25) is 0 Å². The highest BCUT2D eigenvalue weighted by Gasteiger charge is 2.59. The molecule has 202 valence electrons. The van der Waals surface area contributed by atoms with Crippen LogP contribution in [0.25, 0.3) is 0 Å². The lowest BCUT2D eigenvalue weighted by Crippen LogP contribution is -2.65. The van der Waals surface area contributed by atoms with E-state index in [1.807, 2.05) is 0 Å². The second-order valence-corrected chi connectivity index (χ2v) is 8.44. The minimum absolute atomic E-state index is 0.0294. The van der Waals surface area contributed by atoms with Gasteiger partial charge in [0.15, 0.2) is 12.2 Å². The van der Waals surface area contributed by atoms with Crippen LogP contribution in [0.2, 0.25) is 0 Å². The molecule has 0 N–H and O–H groups in total. The molecular formula is C23H27NO12S. The van der Waals surface area contributed by atoms with Crippen molar-refractivity contribution < 1.29 is 57.2 Å². The third kappa shape index (κ3) is 7.92. The Morgan fingerprint density at radius 1 is 0.973 bits per heavy atom. The smallest absolute Gasteiger partial charge is 0.305 e. The summed E-state index contributed by atoms with van der Waals surface area (Å²) in [7, 11) is 0. The molecule has 14 heteroatoms. The number of rotatable bonds is 8. The van der Waals surface area contributed by atoms with Crippen LogP contribution in [-0.2, 0) is 52.4 Å². The van der Waals surface area contributed by atoms with Crippen LogP contribution < -0.4 is 0 Å². The molecular weight excluding hydrogens is 514 g/mol. The lowest BCUT2D eigenvalue weighted by Gasteiger charge is -2.46. The maximum absolute atomic E-state index is 13.7. The zero-order valence-corrected chi connectivity index (χ0v) is 21.6. The molecule has 4 unspecified atom stereocenters. The zero-order valence-electron chi connectivity index (χ0n) is 20.8. The van der Waals surface area contributed by atoms with Gasteiger partial charge in [-0.15, -0.1) is 0 Å². The molecule has 0 radical (unpaired) electrons. The van der Waals surface area contributed by atoms with E-state index in [0.29, 0.717) is 0 Å². The summed E-state index contributed by atoms with van der Waals surface area (Å²) in [6.45, 7) is 4.71. The topological polar surface area (TPSA) is 163 Å². The van der Waals surface area contributed by atoms with Gasteiger partial charge in [-0.1, -0.05) is 18.3 Å². The monoisotopic (exact) mass is 541 g/mol. The minimum atomic E-state index is -2.48. The second-order valence-electron chi connectivity index (χ2n) is 8.02. The third-order valence-electron chi connectivity index (χ3n) is 4.92. The van der Waals surface area contributed by atoms with E-state index in [0.717, 1.165) is 39.2 Å². The van der Waals surface area contributed by atoms with Crippen LogP contribution in [0.1, 0.15) is 45.8 Å². The summed E-state index contributed by atoms with van der Waals surface area (Å²) in [5.74, 6) is -7.66. The van der Waals surface area contributed by atoms with Gasteiger partial charge in [-0.3, -0.25) is 33.3 Å². The lowest BCUT2D eigenvalue weighted by atomic mass is 9.91. The summed E-state index contributed by atoms with van der Waals surface area (Å²) in [5, 5.41) is 0. The molecule has 0 spiro atoms. The quantitative estimate of drug-likeness (QED) is 0.263. The number of hydrogen-bond donors (Lipinski definition) is 0. The molecule has 2 rings (SSSR count). The number of pyridine rings is 1. The number of ether oxygens (including phenoxy) is 6. The predicted octanol–water partition coefficient (Wildman–Crippen LogP) is 1.26. The molecule has 2 heterocycles. The number of esters is 5. The second kappa shape index (κ2) is 12.5. The molecule has 37 heavy (non-hydrogen) atoms. The Labute approximate surface area is 216 Å². The van der Waals surface area contributed by atoms with E-state index in [1.165, 1.54) is 18.3 Å². The fourth-order valence-corrected chi connectivity index (χ4v) is 3.96. The first-order chi connectivity index (χ1) is 17.3. The van der Waals surface area contributed by atoms with Gasteiger partial charge in [0, 0.05) is 40.8 Å². The van der Waals surface area contributed by atoms with Crippen molar-refractivity contribution in [2.45, 2.75) is 71.2 Å². The molecule has 1 aliphatic rings. The van der Waals surface area contributed by atoms with Crippen LogP contribution in [0.4, 0.5) is 0 Å². The number of aromatic nitrogens is 1. The summed E-state index contributed by atoms with van der Waals surface area (Å²) >= 11 is 5.21. The zero-order chi connectivity index (χ0) is 27.9. The minimum Gasteiger partial charge on any atom is -0.462 e. The molecule has 0 aromatic carbocycles. The third-order valence-corrected chi connectivity index (χ3v) is 5.25. The Balaban J connectivity index is 2.74. The summed E-state index contributed by atoms with van der Waals surface area (Å²) in [4.78, 5) is 73.2. The average Bonchev–Trinajstić information content (AvgIpc) is 2.76. The standard InChI is InChI=1S/C23H27NO12S/c1-12(25)31-11-18(33-14(3)27)21-20(34-15(4)28)17(32-13(2)26)10-23(36-21,35-16(5)29)22(30)24-9-7-6-8-19(24)37/h6-9,17-18,20-21H,10-11H2,1-5H3/t17?,18?,20?,21?,23-/m1/s1. The Morgan fingerprint density at radius 3 is 2.14 bits per heavy atom. The van der Waals surface area contributed by atoms with Gasteiger partial charge in [0.1, 0.15) is 23.5 Å². The molecule has 1 aromatic heterocycles. The van der Waals surface area contributed by atoms with E-state index in [-0.39, 0.29) is 4.64 Å². The van der Waals surface area contributed by atoms with Crippen molar-refractivity contribution >= 4 is 48.0 Å². The largest absolute Gasteiger partial charge is 0.462 e. The van der Waals surface area contributed by atoms with Gasteiger partial charge in [0.05, 0.1) is 6.42 Å². The fraction of sp³-hybridized carbons (Fsp3) is 0.522. The Kier molecular flexibility index (Phi) is 10.0. The molecule has 0 aliphatic carbocycles. The SMILES string of the molecule is CC(=O)OCC(OC(C)=O)C1O[C@@](OC(C)=O)(C(=O)n2ccccc2=S)CC(OC(C)=O)C1OC(C)=O. The van der Waals surface area contributed by atoms with Gasteiger partial charge in [-0.05, 0) is 12.1 Å². The van der Waals surface area contributed by atoms with Crippen LogP contribution >= 0.6 is 12.2 Å². The van der Waals surface area contributed by atoms with Crippen molar-refractivity contribution in [1.29, 1.82) is 0 Å². The van der Waals surface area contributed by atoms with Gasteiger partial charge in [0.25, 0.3) is 5.79 Å². The van der Waals surface area contributed by atoms with Gasteiger partial charge >= 0.3 is 35.8 Å². The maximum Gasteiger partial charge on any atom is 0.305 e. The molecule has 1 aromatic rings. The van der Waals surface area contributed by atoms with Crippen LogP contribution in [0.5, 0.6) is 0 Å². The van der Waals surface area contributed by atoms with Crippen molar-refractivity contribution in [2.75, 3.05) is 6.61 Å². The van der Waals surface area contributed by atoms with Crippen molar-refractivity contribution in [3.63, 3.8) is 0 Å². The van der Waals surface area contributed by atoms with Crippen LogP contribution in [0.3, 0.4) is 0 Å². The van der Waals surface area contributed by atoms with Crippen LogP contribution in [0.15, 0.2) is 24.4 Å². The predicted molar refractivity (Wildman–Crippen MR) is 123 cm³/mol. The number of carbonyl (C=O) groups excluding carboxylic acids is 6. The van der Waals surface area contributed by atoms with Crippen molar-refractivity contribution in [2.24, 2.45) is 0 Å². The molecule has 0 bridgehead atoms. The Hall–Kier alpha value is -3.65. The van der Waals surface area contributed by atoms with E-state index >= 15 is 0 Å². The number of hydrogen-bond acceptors (Lipinski definition) is 13. The Morgan fingerprint density at radius 2 is 1.62 bits per heavy atom. The summed E-state index contributed by atoms with van der Waals surface area (Å²) < 4.78 is 33.3. The first-order valence-corrected chi connectivity index (χ1v) is 11.4. The van der Waals surface area contributed by atoms with Crippen molar-refractivity contribution in [3.05, 3.63) is 29.0 Å². The van der Waals surface area contributed by atoms with Gasteiger partial charge in [-0.25, -0.2) is 0 Å².